The normalized spacial score (nSPS) is 10.8. The molecule has 0 aliphatic heterocycles. The van der Waals surface area contributed by atoms with Gasteiger partial charge in [0, 0.05) is 11.3 Å². The lowest BCUT2D eigenvalue weighted by molar-refractivity contribution is -0.580. The van der Waals surface area contributed by atoms with Gasteiger partial charge in [0.1, 0.15) is 19.8 Å². The molecule has 0 saturated carbocycles. The van der Waals surface area contributed by atoms with Crippen LogP contribution in [0.5, 0.6) is 0 Å². The molecule has 0 aliphatic carbocycles. The van der Waals surface area contributed by atoms with Crippen LogP contribution in [0.15, 0.2) is 0 Å². The molecule has 0 atom stereocenters. The molecule has 0 bridgehead atoms. The van der Waals surface area contributed by atoms with Gasteiger partial charge in [0.15, 0.2) is 0 Å². The first-order valence-corrected chi connectivity index (χ1v) is 8.59. The van der Waals surface area contributed by atoms with E-state index in [1.54, 1.807) is 0 Å². The predicted molar refractivity (Wildman–Crippen MR) is 90.5 cm³/mol. The van der Waals surface area contributed by atoms with Crippen LogP contribution in [0.2, 0.25) is 0 Å². The smallest absolute Gasteiger partial charge is 0.303 e. The molecule has 4 N–H and O–H groups in total. The van der Waals surface area contributed by atoms with E-state index in [1.807, 2.05) is 0 Å². The zero-order valence-electron chi connectivity index (χ0n) is 14.7. The molecule has 8 nitrogen and oxygen atoms in total. The number of aliphatic carboxylic acids is 1. The fourth-order valence-electron chi connectivity index (χ4n) is 1.91. The Bertz CT molecular complexity index is 311. The van der Waals surface area contributed by atoms with Gasteiger partial charge in [-0.3, -0.25) is 14.9 Å². The minimum absolute atomic E-state index is 0.343. The Morgan fingerprint density at radius 1 is 0.875 bits per heavy atom. The number of carbonyl (C=O) groups is 1. The summed E-state index contributed by atoms with van der Waals surface area (Å²) in [6, 6.07) is 0. The van der Waals surface area contributed by atoms with E-state index in [0.29, 0.717) is 6.42 Å². The number of aliphatic hydroxyl groups is 3. The van der Waals surface area contributed by atoms with E-state index in [9.17, 15) is 14.9 Å². The van der Waals surface area contributed by atoms with Crippen molar-refractivity contribution in [3.05, 3.63) is 10.1 Å². The number of unbranched alkanes of at least 4 members (excludes halogenated alkanes) is 8. The van der Waals surface area contributed by atoms with E-state index in [4.69, 9.17) is 20.4 Å². The number of rotatable bonds is 14. The Kier molecular flexibility index (Phi) is 17.3. The number of hydrogen-bond acceptors (Lipinski definition) is 6. The van der Waals surface area contributed by atoms with E-state index in [2.05, 4.69) is 6.92 Å². The zero-order valence-corrected chi connectivity index (χ0v) is 14.7. The number of carboxylic acid groups (broad SMARTS) is 1. The number of nitrogens with zero attached hydrogens (tertiary/aromatic N) is 1. The lowest BCUT2D eigenvalue weighted by Gasteiger charge is -2.16. The van der Waals surface area contributed by atoms with Crippen molar-refractivity contribution in [2.75, 3.05) is 19.8 Å². The molecule has 0 radical (unpaired) electrons. The monoisotopic (exact) mass is 351 g/mol. The van der Waals surface area contributed by atoms with Crippen molar-refractivity contribution in [1.29, 1.82) is 0 Å². The standard InChI is InChI=1S/C12H24O2.C4H9NO5/c1-2-3-4-5-6-7-8-9-10-11-12(13)14;6-1-4(2-7,3-8)5(9)10/h2-11H2,1H3,(H,13,14);6-8H,1-3H2. The summed E-state index contributed by atoms with van der Waals surface area (Å²) in [7, 11) is 0. The van der Waals surface area contributed by atoms with Crippen LogP contribution >= 0.6 is 0 Å². The van der Waals surface area contributed by atoms with Crippen molar-refractivity contribution < 1.29 is 30.1 Å². The van der Waals surface area contributed by atoms with Crippen molar-refractivity contribution in [2.24, 2.45) is 0 Å². The summed E-state index contributed by atoms with van der Waals surface area (Å²) in [6.07, 6.45) is 11.5. The second kappa shape index (κ2) is 16.6. The van der Waals surface area contributed by atoms with Crippen LogP contribution in [-0.2, 0) is 4.79 Å². The van der Waals surface area contributed by atoms with E-state index in [-0.39, 0.29) is 0 Å². The molecular weight excluding hydrogens is 318 g/mol. The molecule has 0 spiro atoms. The van der Waals surface area contributed by atoms with Crippen molar-refractivity contribution in [2.45, 2.75) is 76.7 Å². The molecule has 8 heteroatoms. The summed E-state index contributed by atoms with van der Waals surface area (Å²) >= 11 is 0. The maximum atomic E-state index is 10.2. The summed E-state index contributed by atoms with van der Waals surface area (Å²) in [6.45, 7) is -0.376. The molecule has 0 rings (SSSR count). The number of carboxylic acids is 1. The van der Waals surface area contributed by atoms with Gasteiger partial charge in [-0.1, -0.05) is 58.3 Å². The third-order valence-corrected chi connectivity index (χ3v) is 3.76. The maximum Gasteiger partial charge on any atom is 0.303 e. The number of hydrogen-bond donors (Lipinski definition) is 4. The molecule has 0 aromatic carbocycles. The quantitative estimate of drug-likeness (QED) is 0.213. The molecule has 0 unspecified atom stereocenters. The largest absolute Gasteiger partial charge is 0.481 e. The van der Waals surface area contributed by atoms with Crippen molar-refractivity contribution in [1.82, 2.24) is 0 Å². The van der Waals surface area contributed by atoms with E-state index < -0.39 is 36.3 Å². The van der Waals surface area contributed by atoms with Crippen molar-refractivity contribution in [3.8, 4) is 0 Å². The van der Waals surface area contributed by atoms with Crippen molar-refractivity contribution >= 4 is 5.97 Å². The van der Waals surface area contributed by atoms with Crippen LogP contribution < -0.4 is 0 Å². The Morgan fingerprint density at radius 2 is 1.25 bits per heavy atom. The molecule has 0 aliphatic rings. The fourth-order valence-corrected chi connectivity index (χ4v) is 1.91. The summed E-state index contributed by atoms with van der Waals surface area (Å²) in [5.74, 6) is -0.659. The zero-order chi connectivity index (χ0) is 18.8. The Hall–Kier alpha value is -1.25. The van der Waals surface area contributed by atoms with Gasteiger partial charge in [0.25, 0.3) is 5.54 Å². The maximum absolute atomic E-state index is 10.2. The highest BCUT2D eigenvalue weighted by Gasteiger charge is 2.41. The molecule has 0 amide bonds. The summed E-state index contributed by atoms with van der Waals surface area (Å²) in [5, 5.41) is 43.6. The molecule has 0 heterocycles. The highest BCUT2D eigenvalue weighted by Crippen LogP contribution is 2.10. The van der Waals surface area contributed by atoms with Gasteiger partial charge in [-0.2, -0.15) is 0 Å². The van der Waals surface area contributed by atoms with Crippen LogP contribution in [0, 0.1) is 10.1 Å². The molecule has 0 saturated heterocycles. The fraction of sp³-hybridized carbons (Fsp3) is 0.938. The second-order valence-electron chi connectivity index (χ2n) is 5.93. The third kappa shape index (κ3) is 13.2. The molecule has 0 aromatic heterocycles. The lowest BCUT2D eigenvalue weighted by atomic mass is 10.1. The molecule has 24 heavy (non-hydrogen) atoms. The lowest BCUT2D eigenvalue weighted by Crippen LogP contribution is -2.49. The third-order valence-electron chi connectivity index (χ3n) is 3.76. The summed E-state index contributed by atoms with van der Waals surface area (Å²) in [5.41, 5.74) is -1.99. The van der Waals surface area contributed by atoms with Gasteiger partial charge in [0.05, 0.1) is 0 Å². The van der Waals surface area contributed by atoms with Gasteiger partial charge in [-0.05, 0) is 6.42 Å². The predicted octanol–water partition coefficient (Wildman–Crippen LogP) is 1.97. The summed E-state index contributed by atoms with van der Waals surface area (Å²) in [4.78, 5) is 19.4. The molecular formula is C16H33NO7. The highest BCUT2D eigenvalue weighted by molar-refractivity contribution is 5.66. The average molecular weight is 351 g/mol. The number of aliphatic hydroxyl groups excluding tert-OH is 3. The topological polar surface area (TPSA) is 141 Å². The van der Waals surface area contributed by atoms with Crippen LogP contribution in [0.4, 0.5) is 0 Å². The van der Waals surface area contributed by atoms with Gasteiger partial charge in [-0.15, -0.1) is 0 Å². The molecule has 0 fully saturated rings. The first-order valence-electron chi connectivity index (χ1n) is 8.59. The minimum Gasteiger partial charge on any atom is -0.481 e. The minimum atomic E-state index is -1.99. The van der Waals surface area contributed by atoms with Crippen LogP contribution in [0.1, 0.15) is 71.1 Å². The van der Waals surface area contributed by atoms with Crippen LogP contribution in [0.3, 0.4) is 0 Å². The first-order chi connectivity index (χ1) is 11.4. The highest BCUT2D eigenvalue weighted by atomic mass is 16.6. The van der Waals surface area contributed by atoms with E-state index in [0.717, 1.165) is 12.8 Å². The van der Waals surface area contributed by atoms with Gasteiger partial charge in [-0.25, -0.2) is 0 Å². The SMILES string of the molecule is CCCCCCCCCCCC(=O)O.O=[N+]([O-])C(CO)(CO)CO. The van der Waals surface area contributed by atoms with Gasteiger partial charge >= 0.3 is 5.97 Å². The van der Waals surface area contributed by atoms with E-state index >= 15 is 0 Å². The Labute approximate surface area is 143 Å². The second-order valence-corrected chi connectivity index (χ2v) is 5.93. The average Bonchev–Trinajstić information content (AvgIpc) is 2.55. The summed E-state index contributed by atoms with van der Waals surface area (Å²) < 4.78 is 0. The molecule has 0 aromatic rings. The van der Waals surface area contributed by atoms with Crippen molar-refractivity contribution in [3.63, 3.8) is 0 Å². The van der Waals surface area contributed by atoms with Crippen LogP contribution in [0.25, 0.3) is 0 Å². The van der Waals surface area contributed by atoms with E-state index in [1.165, 1.54) is 44.9 Å². The first kappa shape index (κ1) is 25.0. The Balaban J connectivity index is 0. The van der Waals surface area contributed by atoms with Crippen LogP contribution in [-0.4, -0.2) is 56.7 Å². The molecule has 144 valence electrons. The Morgan fingerprint density at radius 3 is 1.50 bits per heavy atom. The van der Waals surface area contributed by atoms with Gasteiger partial charge in [0.2, 0.25) is 0 Å². The van der Waals surface area contributed by atoms with Gasteiger partial charge < -0.3 is 20.4 Å². The number of nitro groups is 1.